The second-order valence-electron chi connectivity index (χ2n) is 7.04. The minimum Gasteiger partial charge on any atom is -0.481 e. The van der Waals surface area contributed by atoms with Gasteiger partial charge in [0, 0.05) is 31.6 Å². The Balaban J connectivity index is 2.39. The van der Waals surface area contributed by atoms with Gasteiger partial charge in [-0.1, -0.05) is 31.9 Å². The lowest BCUT2D eigenvalue weighted by Gasteiger charge is -2.19. The third-order valence-corrected chi connectivity index (χ3v) is 4.97. The van der Waals surface area contributed by atoms with Crippen LogP contribution in [0.15, 0.2) is 12.2 Å². The van der Waals surface area contributed by atoms with Gasteiger partial charge < -0.3 is 10.2 Å². The Labute approximate surface area is 150 Å². The lowest BCUT2D eigenvalue weighted by atomic mass is 9.86. The van der Waals surface area contributed by atoms with E-state index in [1.807, 2.05) is 12.2 Å². The van der Waals surface area contributed by atoms with E-state index < -0.39 is 12.1 Å². The molecule has 1 saturated carbocycles. The van der Waals surface area contributed by atoms with E-state index in [1.54, 1.807) is 0 Å². The fourth-order valence-corrected chi connectivity index (χ4v) is 3.47. The Morgan fingerprint density at radius 1 is 1.12 bits per heavy atom. The predicted molar refractivity (Wildman–Crippen MR) is 96.2 cm³/mol. The van der Waals surface area contributed by atoms with Crippen LogP contribution in [0, 0.1) is 11.8 Å². The van der Waals surface area contributed by atoms with Gasteiger partial charge >= 0.3 is 5.97 Å². The molecular formula is C20H32O5. The van der Waals surface area contributed by atoms with Gasteiger partial charge in [-0.05, 0) is 38.0 Å². The van der Waals surface area contributed by atoms with Gasteiger partial charge in [-0.15, -0.1) is 0 Å². The number of Topliss-reactive ketones (excluding diaryl/α,β-unsaturated/α-hetero) is 2. The van der Waals surface area contributed by atoms with Crippen LogP contribution in [0.4, 0.5) is 0 Å². The molecule has 0 aromatic rings. The summed E-state index contributed by atoms with van der Waals surface area (Å²) in [6.07, 6.45) is 10.0. The number of unbranched alkanes of at least 4 members (excludes halogenated alkanes) is 3. The fraction of sp³-hybridized carbons (Fsp3) is 0.750. The number of carboxylic acid groups (broad SMARTS) is 1. The summed E-state index contributed by atoms with van der Waals surface area (Å²) in [7, 11) is 0. The normalized spacial score (nSPS) is 23.4. The molecule has 0 amide bonds. The molecule has 5 heteroatoms. The zero-order valence-corrected chi connectivity index (χ0v) is 15.3. The van der Waals surface area contributed by atoms with Crippen LogP contribution in [0.5, 0.6) is 0 Å². The molecule has 3 atom stereocenters. The molecule has 25 heavy (non-hydrogen) atoms. The molecular weight excluding hydrogens is 320 g/mol. The van der Waals surface area contributed by atoms with Crippen LogP contribution >= 0.6 is 0 Å². The van der Waals surface area contributed by atoms with Crippen molar-refractivity contribution in [3.05, 3.63) is 12.2 Å². The van der Waals surface area contributed by atoms with Gasteiger partial charge in [0.25, 0.3) is 0 Å². The minimum absolute atomic E-state index is 0.0751. The molecule has 3 unspecified atom stereocenters. The van der Waals surface area contributed by atoms with E-state index in [4.69, 9.17) is 5.11 Å². The van der Waals surface area contributed by atoms with Crippen LogP contribution in [0.3, 0.4) is 0 Å². The Bertz CT molecular complexity index is 469. The first kappa shape index (κ1) is 21.6. The maximum atomic E-state index is 12.1. The molecule has 1 fully saturated rings. The summed E-state index contributed by atoms with van der Waals surface area (Å²) in [5, 5.41) is 18.7. The molecule has 0 radical (unpaired) electrons. The van der Waals surface area contributed by atoms with Crippen LogP contribution < -0.4 is 0 Å². The minimum atomic E-state index is -0.800. The summed E-state index contributed by atoms with van der Waals surface area (Å²) in [6.45, 7) is 2.10. The van der Waals surface area contributed by atoms with Crippen LogP contribution in [-0.4, -0.2) is 33.9 Å². The van der Waals surface area contributed by atoms with Crippen molar-refractivity contribution in [3.8, 4) is 0 Å². The van der Waals surface area contributed by atoms with Crippen molar-refractivity contribution in [2.45, 2.75) is 83.7 Å². The maximum absolute atomic E-state index is 12.1. The standard InChI is InChI=1S/C20H32O5/c1-2-3-6-9-15(21)12-13-17-16(18(22)14-19(17)23)10-7-4-5-8-11-20(24)25/h4,7,16-17,19,23H,2-3,5-6,8-14H2,1H3,(H,24,25). The summed E-state index contributed by atoms with van der Waals surface area (Å²) in [4.78, 5) is 34.5. The monoisotopic (exact) mass is 352 g/mol. The third-order valence-electron chi connectivity index (χ3n) is 4.97. The highest BCUT2D eigenvalue weighted by Crippen LogP contribution is 2.35. The second-order valence-corrected chi connectivity index (χ2v) is 7.04. The SMILES string of the molecule is CCCCCC(=O)CCC1C(O)CC(=O)C1CC=CCCCC(=O)O. The van der Waals surface area contributed by atoms with E-state index in [2.05, 4.69) is 6.92 Å². The molecule has 5 nitrogen and oxygen atoms in total. The number of aliphatic carboxylic acids is 1. The van der Waals surface area contributed by atoms with Crippen molar-refractivity contribution < 1.29 is 24.6 Å². The molecule has 0 spiro atoms. The first-order valence-corrected chi connectivity index (χ1v) is 9.55. The van der Waals surface area contributed by atoms with Crippen LogP contribution in [0.25, 0.3) is 0 Å². The molecule has 0 aliphatic heterocycles. The van der Waals surface area contributed by atoms with Crippen LogP contribution in [0.1, 0.15) is 77.6 Å². The van der Waals surface area contributed by atoms with E-state index in [9.17, 15) is 19.5 Å². The van der Waals surface area contributed by atoms with Crippen LogP contribution in [0.2, 0.25) is 0 Å². The maximum Gasteiger partial charge on any atom is 0.303 e. The molecule has 1 aliphatic rings. The average Bonchev–Trinajstić information content (AvgIpc) is 2.82. The number of carboxylic acids is 1. The van der Waals surface area contributed by atoms with Gasteiger partial charge in [-0.2, -0.15) is 0 Å². The van der Waals surface area contributed by atoms with Gasteiger partial charge in [-0.25, -0.2) is 0 Å². The van der Waals surface area contributed by atoms with E-state index in [1.165, 1.54) is 0 Å². The lowest BCUT2D eigenvalue weighted by Crippen LogP contribution is -2.21. The van der Waals surface area contributed by atoms with E-state index in [0.29, 0.717) is 38.5 Å². The summed E-state index contributed by atoms with van der Waals surface area (Å²) < 4.78 is 0. The zero-order valence-electron chi connectivity index (χ0n) is 15.3. The average molecular weight is 352 g/mol. The van der Waals surface area contributed by atoms with Crippen molar-refractivity contribution in [3.63, 3.8) is 0 Å². The molecule has 1 aliphatic carbocycles. The Morgan fingerprint density at radius 3 is 2.56 bits per heavy atom. The van der Waals surface area contributed by atoms with E-state index >= 15 is 0 Å². The second kappa shape index (κ2) is 12.0. The van der Waals surface area contributed by atoms with Gasteiger partial charge in [0.1, 0.15) is 11.6 Å². The van der Waals surface area contributed by atoms with Crippen molar-refractivity contribution in [2.75, 3.05) is 0 Å². The van der Waals surface area contributed by atoms with Crippen molar-refractivity contribution >= 4 is 17.5 Å². The summed E-state index contributed by atoms with van der Waals surface area (Å²) in [5.41, 5.74) is 0. The summed E-state index contributed by atoms with van der Waals surface area (Å²) in [5.74, 6) is -0.847. The first-order chi connectivity index (χ1) is 12.0. The Kier molecular flexibility index (Phi) is 10.3. The molecule has 2 N–H and O–H groups in total. The lowest BCUT2D eigenvalue weighted by molar-refractivity contribution is -0.137. The van der Waals surface area contributed by atoms with Gasteiger partial charge in [0.2, 0.25) is 0 Å². The Hall–Kier alpha value is -1.49. The van der Waals surface area contributed by atoms with Crippen LogP contribution in [-0.2, 0) is 14.4 Å². The topological polar surface area (TPSA) is 91.7 Å². The summed E-state index contributed by atoms with van der Waals surface area (Å²) in [6, 6.07) is 0. The van der Waals surface area contributed by atoms with Crippen molar-refractivity contribution in [1.82, 2.24) is 0 Å². The molecule has 1 rings (SSSR count). The highest BCUT2D eigenvalue weighted by Gasteiger charge is 2.40. The molecule has 0 heterocycles. The number of hydrogen-bond donors (Lipinski definition) is 2. The van der Waals surface area contributed by atoms with Crippen molar-refractivity contribution in [1.29, 1.82) is 0 Å². The van der Waals surface area contributed by atoms with Gasteiger partial charge in [0.05, 0.1) is 6.10 Å². The van der Waals surface area contributed by atoms with Gasteiger partial charge in [-0.3, -0.25) is 14.4 Å². The number of ketones is 2. The molecule has 0 aromatic heterocycles. The van der Waals surface area contributed by atoms with E-state index in [0.717, 1.165) is 19.3 Å². The van der Waals surface area contributed by atoms with Gasteiger partial charge in [0.15, 0.2) is 0 Å². The molecule has 0 saturated heterocycles. The number of hydrogen-bond acceptors (Lipinski definition) is 4. The number of aliphatic hydroxyl groups is 1. The fourth-order valence-electron chi connectivity index (χ4n) is 3.47. The summed E-state index contributed by atoms with van der Waals surface area (Å²) >= 11 is 0. The highest BCUT2D eigenvalue weighted by molar-refractivity contribution is 5.84. The third kappa shape index (κ3) is 8.43. The number of rotatable bonds is 13. The smallest absolute Gasteiger partial charge is 0.303 e. The highest BCUT2D eigenvalue weighted by atomic mass is 16.4. The van der Waals surface area contributed by atoms with Crippen molar-refractivity contribution in [2.24, 2.45) is 11.8 Å². The largest absolute Gasteiger partial charge is 0.481 e. The number of carbonyl (C=O) groups is 3. The predicted octanol–water partition coefficient (Wildman–Crippen LogP) is 3.68. The molecule has 0 bridgehead atoms. The molecule has 142 valence electrons. The number of carbonyl (C=O) groups excluding carboxylic acids is 2. The zero-order chi connectivity index (χ0) is 18.7. The first-order valence-electron chi connectivity index (χ1n) is 9.55. The number of aliphatic hydroxyl groups excluding tert-OH is 1. The van der Waals surface area contributed by atoms with E-state index in [-0.39, 0.29) is 36.2 Å². The number of allylic oxidation sites excluding steroid dienone is 2. The Morgan fingerprint density at radius 2 is 1.88 bits per heavy atom. The molecule has 0 aromatic carbocycles. The quantitative estimate of drug-likeness (QED) is 0.390.